The van der Waals surface area contributed by atoms with Gasteiger partial charge in [0.15, 0.2) is 0 Å². The molecule has 3 heteroatoms. The van der Waals surface area contributed by atoms with Crippen LogP contribution >= 0.6 is 0 Å². The van der Waals surface area contributed by atoms with Gasteiger partial charge in [-0.3, -0.25) is 4.98 Å². The van der Waals surface area contributed by atoms with Crippen molar-refractivity contribution in [3.8, 4) is 11.3 Å². The third kappa shape index (κ3) is 5.02. The summed E-state index contributed by atoms with van der Waals surface area (Å²) < 4.78 is 0. The first kappa shape index (κ1) is 29.9. The zero-order valence-electron chi connectivity index (χ0n) is 28.4. The van der Waals surface area contributed by atoms with Crippen LogP contribution in [0, 0.1) is 0 Å². The van der Waals surface area contributed by atoms with E-state index in [1.807, 2.05) is 18.3 Å². The number of pyridine rings is 1. The molecule has 0 N–H and O–H groups in total. The molecule has 0 saturated heterocycles. The maximum Gasteiger partial charge on any atom is 0.0709 e. The second-order valence-electron chi connectivity index (χ2n) is 13.2. The SMILES string of the molecule is c1ccc(N(c2ccccc2)c2ccc(-c3ccc4ccc5c(N(c6ccccc6)c6ccc7ccccc7c6)ccc6ccc3c4c65)nc2)cc1. The summed E-state index contributed by atoms with van der Waals surface area (Å²) in [6.45, 7) is 0. The molecule has 0 fully saturated rings. The standard InChI is InChI=1S/C49H33N3/c1-4-14-38(15-5-1)51(39-16-6-2-7-17-39)42-26-30-46(50-33-42)43-27-21-35-23-29-45-47(31-24-36-22-28-44(43)48(35)49(36)45)52(40-18-8-3-9-19-40)41-25-20-34-12-10-11-13-37(34)32-41/h1-33H. The predicted octanol–water partition coefficient (Wildman–Crippen LogP) is 13.7. The highest BCUT2D eigenvalue weighted by Gasteiger charge is 2.20. The van der Waals surface area contributed by atoms with Gasteiger partial charge in [0.1, 0.15) is 0 Å². The number of benzene rings is 9. The first-order valence-electron chi connectivity index (χ1n) is 17.7. The average molecular weight is 664 g/mol. The van der Waals surface area contributed by atoms with Gasteiger partial charge in [0.05, 0.1) is 23.3 Å². The molecule has 0 atom stereocenters. The maximum atomic E-state index is 5.10. The average Bonchev–Trinajstić information content (AvgIpc) is 3.22. The summed E-state index contributed by atoms with van der Waals surface area (Å²) in [5.74, 6) is 0. The number of aromatic nitrogens is 1. The van der Waals surface area contributed by atoms with Crippen molar-refractivity contribution < 1.29 is 0 Å². The number of para-hydroxylation sites is 3. The number of anilines is 6. The zero-order valence-corrected chi connectivity index (χ0v) is 28.4. The van der Waals surface area contributed by atoms with E-state index in [2.05, 4.69) is 192 Å². The van der Waals surface area contributed by atoms with Crippen LogP contribution in [0.15, 0.2) is 200 Å². The molecular weight excluding hydrogens is 631 g/mol. The van der Waals surface area contributed by atoms with E-state index >= 15 is 0 Å². The highest BCUT2D eigenvalue weighted by molar-refractivity contribution is 6.27. The van der Waals surface area contributed by atoms with Crippen LogP contribution in [0.2, 0.25) is 0 Å². The minimum atomic E-state index is 0.949. The molecule has 10 rings (SSSR count). The smallest absolute Gasteiger partial charge is 0.0709 e. The first-order valence-corrected chi connectivity index (χ1v) is 17.7. The zero-order chi connectivity index (χ0) is 34.4. The molecule has 10 aromatic rings. The molecule has 0 aliphatic heterocycles. The number of rotatable bonds is 7. The van der Waals surface area contributed by atoms with E-state index in [0.29, 0.717) is 0 Å². The minimum Gasteiger partial charge on any atom is -0.310 e. The molecule has 0 aliphatic carbocycles. The van der Waals surface area contributed by atoms with Crippen molar-refractivity contribution in [3.05, 3.63) is 200 Å². The fraction of sp³-hybridized carbons (Fsp3) is 0. The van der Waals surface area contributed by atoms with Crippen LogP contribution in [0.5, 0.6) is 0 Å². The van der Waals surface area contributed by atoms with Crippen LogP contribution in [0.3, 0.4) is 0 Å². The lowest BCUT2D eigenvalue weighted by Crippen LogP contribution is -2.10. The van der Waals surface area contributed by atoms with Crippen LogP contribution in [0.4, 0.5) is 34.1 Å². The maximum absolute atomic E-state index is 5.10. The van der Waals surface area contributed by atoms with Crippen molar-refractivity contribution in [1.82, 2.24) is 4.98 Å². The van der Waals surface area contributed by atoms with Gasteiger partial charge in [0, 0.05) is 33.7 Å². The van der Waals surface area contributed by atoms with E-state index in [1.165, 1.54) is 43.1 Å². The predicted molar refractivity (Wildman–Crippen MR) is 220 cm³/mol. The third-order valence-corrected chi connectivity index (χ3v) is 10.2. The lowest BCUT2D eigenvalue weighted by Gasteiger charge is -2.28. The third-order valence-electron chi connectivity index (χ3n) is 10.2. The Morgan fingerprint density at radius 2 is 0.846 bits per heavy atom. The molecule has 52 heavy (non-hydrogen) atoms. The first-order chi connectivity index (χ1) is 25.8. The van der Waals surface area contributed by atoms with Crippen molar-refractivity contribution in [3.63, 3.8) is 0 Å². The van der Waals surface area contributed by atoms with Gasteiger partial charge in [0.2, 0.25) is 0 Å². The Morgan fingerprint density at radius 3 is 1.50 bits per heavy atom. The molecule has 1 aromatic heterocycles. The molecule has 0 spiro atoms. The van der Waals surface area contributed by atoms with Gasteiger partial charge in [-0.1, -0.05) is 127 Å². The van der Waals surface area contributed by atoms with E-state index in [4.69, 9.17) is 4.98 Å². The molecule has 0 amide bonds. The summed E-state index contributed by atoms with van der Waals surface area (Å²) in [5.41, 5.74) is 8.67. The van der Waals surface area contributed by atoms with Crippen molar-refractivity contribution in [1.29, 1.82) is 0 Å². The largest absolute Gasteiger partial charge is 0.310 e. The summed E-state index contributed by atoms with van der Waals surface area (Å²) in [6, 6.07) is 69.4. The highest BCUT2D eigenvalue weighted by Crippen LogP contribution is 2.46. The van der Waals surface area contributed by atoms with Crippen LogP contribution < -0.4 is 9.80 Å². The Labute approximate surface area is 302 Å². The van der Waals surface area contributed by atoms with Crippen LogP contribution in [0.25, 0.3) is 54.3 Å². The van der Waals surface area contributed by atoms with E-state index in [9.17, 15) is 0 Å². The molecular formula is C49H33N3. The Kier molecular flexibility index (Phi) is 7.14. The molecule has 9 aromatic carbocycles. The fourth-order valence-corrected chi connectivity index (χ4v) is 7.80. The molecule has 1 heterocycles. The quantitative estimate of drug-likeness (QED) is 0.158. The van der Waals surface area contributed by atoms with Crippen LogP contribution in [-0.2, 0) is 0 Å². The van der Waals surface area contributed by atoms with Gasteiger partial charge in [0.25, 0.3) is 0 Å². The van der Waals surface area contributed by atoms with Gasteiger partial charge in [-0.15, -0.1) is 0 Å². The van der Waals surface area contributed by atoms with Crippen LogP contribution in [0.1, 0.15) is 0 Å². The summed E-state index contributed by atoms with van der Waals surface area (Å²) >= 11 is 0. The Balaban J connectivity index is 1.13. The minimum absolute atomic E-state index is 0.949. The van der Waals surface area contributed by atoms with Gasteiger partial charge in [-0.2, -0.15) is 0 Å². The monoisotopic (exact) mass is 663 g/mol. The van der Waals surface area contributed by atoms with Gasteiger partial charge in [-0.05, 0) is 104 Å². The normalized spacial score (nSPS) is 11.5. The number of nitrogens with zero attached hydrogens (tertiary/aromatic N) is 3. The number of hydrogen-bond donors (Lipinski definition) is 0. The molecule has 0 bridgehead atoms. The Morgan fingerprint density at radius 1 is 0.327 bits per heavy atom. The highest BCUT2D eigenvalue weighted by atomic mass is 15.2. The topological polar surface area (TPSA) is 19.4 Å². The summed E-state index contributed by atoms with van der Waals surface area (Å²) in [4.78, 5) is 9.74. The van der Waals surface area contributed by atoms with Crippen molar-refractivity contribution in [2.24, 2.45) is 0 Å². The van der Waals surface area contributed by atoms with Crippen molar-refractivity contribution >= 4 is 77.2 Å². The number of fused-ring (bicyclic) bond motifs is 1. The Hall–Kier alpha value is -6.97. The van der Waals surface area contributed by atoms with Crippen LogP contribution in [-0.4, -0.2) is 4.98 Å². The second kappa shape index (κ2) is 12.4. The fourth-order valence-electron chi connectivity index (χ4n) is 7.80. The molecule has 0 unspecified atom stereocenters. The van der Waals surface area contributed by atoms with Gasteiger partial charge in [-0.25, -0.2) is 0 Å². The summed E-state index contributed by atoms with van der Waals surface area (Å²) in [6.07, 6.45) is 1.99. The molecule has 0 radical (unpaired) electrons. The van der Waals surface area contributed by atoms with E-state index in [-0.39, 0.29) is 0 Å². The van der Waals surface area contributed by atoms with Gasteiger partial charge < -0.3 is 9.80 Å². The van der Waals surface area contributed by atoms with E-state index < -0.39 is 0 Å². The lowest BCUT2D eigenvalue weighted by molar-refractivity contribution is 1.23. The van der Waals surface area contributed by atoms with E-state index in [0.717, 1.165) is 45.4 Å². The van der Waals surface area contributed by atoms with Crippen molar-refractivity contribution in [2.45, 2.75) is 0 Å². The molecule has 0 saturated carbocycles. The second-order valence-corrected chi connectivity index (χ2v) is 13.2. The van der Waals surface area contributed by atoms with E-state index in [1.54, 1.807) is 0 Å². The van der Waals surface area contributed by atoms with Gasteiger partial charge >= 0.3 is 0 Å². The summed E-state index contributed by atoms with van der Waals surface area (Å²) in [5, 5.41) is 9.86. The molecule has 3 nitrogen and oxygen atoms in total. The lowest BCUT2D eigenvalue weighted by atomic mass is 9.90. The molecule has 0 aliphatic rings. The number of hydrogen-bond acceptors (Lipinski definition) is 3. The Bertz CT molecular complexity index is 2790. The summed E-state index contributed by atoms with van der Waals surface area (Å²) in [7, 11) is 0. The van der Waals surface area contributed by atoms with Crippen molar-refractivity contribution in [2.75, 3.05) is 9.80 Å². The molecule has 244 valence electrons.